The summed E-state index contributed by atoms with van der Waals surface area (Å²) in [5.41, 5.74) is 1.07. The molecule has 1 atom stereocenters. The second kappa shape index (κ2) is 7.94. The van der Waals surface area contributed by atoms with Crippen molar-refractivity contribution in [2.24, 2.45) is 0 Å². The molecule has 1 aliphatic heterocycles. The maximum absolute atomic E-state index is 12.3. The molecule has 1 aromatic carbocycles. The average Bonchev–Trinajstić information content (AvgIpc) is 2.52. The number of nitrogens with zero attached hydrogens (tertiary/aromatic N) is 2. The lowest BCUT2D eigenvalue weighted by Crippen LogP contribution is -2.48. The van der Waals surface area contributed by atoms with Crippen LogP contribution in [-0.4, -0.2) is 54.0 Å². The maximum Gasteiger partial charge on any atom is 0.224 e. The van der Waals surface area contributed by atoms with E-state index in [9.17, 15) is 9.59 Å². The summed E-state index contributed by atoms with van der Waals surface area (Å²) in [6, 6.07) is 9.94. The van der Waals surface area contributed by atoms with Crippen LogP contribution in [0.15, 0.2) is 30.3 Å². The van der Waals surface area contributed by atoms with Gasteiger partial charge in [-0.25, -0.2) is 0 Å². The van der Waals surface area contributed by atoms with E-state index in [0.29, 0.717) is 39.3 Å². The van der Waals surface area contributed by atoms with Gasteiger partial charge in [-0.2, -0.15) is 0 Å². The Morgan fingerprint density at radius 3 is 2.68 bits per heavy atom. The van der Waals surface area contributed by atoms with Crippen molar-refractivity contribution in [3.63, 3.8) is 0 Å². The van der Waals surface area contributed by atoms with E-state index < -0.39 is 0 Å². The van der Waals surface area contributed by atoms with Gasteiger partial charge in [0, 0.05) is 33.0 Å². The van der Waals surface area contributed by atoms with Crippen molar-refractivity contribution in [2.45, 2.75) is 32.9 Å². The number of rotatable bonds is 5. The predicted molar refractivity (Wildman–Crippen MR) is 84.1 cm³/mol. The van der Waals surface area contributed by atoms with Crippen LogP contribution < -0.4 is 0 Å². The molecule has 1 fully saturated rings. The van der Waals surface area contributed by atoms with Crippen LogP contribution in [0.5, 0.6) is 0 Å². The van der Waals surface area contributed by atoms with E-state index in [1.807, 2.05) is 42.2 Å². The number of amides is 2. The van der Waals surface area contributed by atoms with Crippen LogP contribution in [0, 0.1) is 0 Å². The van der Waals surface area contributed by atoms with Crippen molar-refractivity contribution in [3.05, 3.63) is 35.9 Å². The normalized spacial score (nSPS) is 18.1. The second-order valence-electron chi connectivity index (χ2n) is 5.69. The van der Waals surface area contributed by atoms with Crippen LogP contribution in [0.1, 0.15) is 25.8 Å². The van der Waals surface area contributed by atoms with Crippen LogP contribution in [-0.2, 0) is 20.9 Å². The minimum Gasteiger partial charge on any atom is -0.377 e. The third-order valence-electron chi connectivity index (χ3n) is 3.95. The van der Waals surface area contributed by atoms with Crippen molar-refractivity contribution >= 4 is 11.8 Å². The minimum absolute atomic E-state index is 0.00770. The van der Waals surface area contributed by atoms with E-state index in [1.165, 1.54) is 0 Å². The molecular formula is C17H24N2O3. The van der Waals surface area contributed by atoms with Gasteiger partial charge in [-0.3, -0.25) is 9.59 Å². The molecule has 22 heavy (non-hydrogen) atoms. The molecule has 1 aromatic rings. The van der Waals surface area contributed by atoms with E-state index in [2.05, 4.69) is 0 Å². The van der Waals surface area contributed by atoms with Gasteiger partial charge in [0.1, 0.15) is 0 Å². The Bertz CT molecular complexity index is 504. The first-order chi connectivity index (χ1) is 10.6. The second-order valence-corrected chi connectivity index (χ2v) is 5.69. The fourth-order valence-corrected chi connectivity index (χ4v) is 2.62. The van der Waals surface area contributed by atoms with Crippen molar-refractivity contribution in [1.29, 1.82) is 0 Å². The Hall–Kier alpha value is -1.88. The van der Waals surface area contributed by atoms with Crippen LogP contribution in [0.3, 0.4) is 0 Å². The molecule has 5 nitrogen and oxygen atoms in total. The number of hydrogen-bond donors (Lipinski definition) is 0. The third-order valence-corrected chi connectivity index (χ3v) is 3.95. The third kappa shape index (κ3) is 4.56. The quantitative estimate of drug-likeness (QED) is 0.831. The summed E-state index contributed by atoms with van der Waals surface area (Å²) >= 11 is 0. The summed E-state index contributed by atoms with van der Waals surface area (Å²) in [4.78, 5) is 27.7. The lowest BCUT2D eigenvalue weighted by Gasteiger charge is -2.34. The standard InChI is InChI=1S/C17H24N2O3/c1-14-13-22-11-10-19(14)17(21)8-9-18(15(2)20)12-16-6-4-3-5-7-16/h3-7,14H,8-13H2,1-2H3/t14-/m1/s1. The minimum atomic E-state index is -0.00770. The molecule has 0 aromatic heterocycles. The molecule has 0 unspecified atom stereocenters. The summed E-state index contributed by atoms with van der Waals surface area (Å²) in [6.45, 7) is 6.35. The number of carbonyl (C=O) groups excluding carboxylic acids is 2. The van der Waals surface area contributed by atoms with Gasteiger partial charge in [0.05, 0.1) is 19.3 Å². The summed E-state index contributed by atoms with van der Waals surface area (Å²) in [7, 11) is 0. The Morgan fingerprint density at radius 2 is 2.05 bits per heavy atom. The molecule has 1 heterocycles. The first-order valence-corrected chi connectivity index (χ1v) is 7.74. The number of carbonyl (C=O) groups is 2. The topological polar surface area (TPSA) is 49.9 Å². The molecule has 0 spiro atoms. The molecule has 0 saturated carbocycles. The lowest BCUT2D eigenvalue weighted by atomic mass is 10.2. The van der Waals surface area contributed by atoms with Gasteiger partial charge in [0.2, 0.25) is 11.8 Å². The van der Waals surface area contributed by atoms with Crippen LogP contribution in [0.4, 0.5) is 0 Å². The predicted octanol–water partition coefficient (Wildman–Crippen LogP) is 1.67. The molecule has 0 aliphatic carbocycles. The van der Waals surface area contributed by atoms with Gasteiger partial charge in [-0.05, 0) is 12.5 Å². The smallest absolute Gasteiger partial charge is 0.224 e. The van der Waals surface area contributed by atoms with Crippen molar-refractivity contribution in [2.75, 3.05) is 26.3 Å². The first-order valence-electron chi connectivity index (χ1n) is 7.74. The van der Waals surface area contributed by atoms with Gasteiger partial charge in [-0.1, -0.05) is 30.3 Å². The van der Waals surface area contributed by atoms with Crippen molar-refractivity contribution < 1.29 is 14.3 Å². The zero-order chi connectivity index (χ0) is 15.9. The van der Waals surface area contributed by atoms with E-state index in [4.69, 9.17) is 4.74 Å². The van der Waals surface area contributed by atoms with E-state index in [0.717, 1.165) is 5.56 Å². The largest absolute Gasteiger partial charge is 0.377 e. The van der Waals surface area contributed by atoms with Gasteiger partial charge in [0.15, 0.2) is 0 Å². The van der Waals surface area contributed by atoms with Crippen molar-refractivity contribution in [1.82, 2.24) is 9.80 Å². The van der Waals surface area contributed by atoms with E-state index in [-0.39, 0.29) is 17.9 Å². The Kier molecular flexibility index (Phi) is 5.95. The fraction of sp³-hybridized carbons (Fsp3) is 0.529. The molecule has 2 amide bonds. The number of hydrogen-bond acceptors (Lipinski definition) is 3. The highest BCUT2D eigenvalue weighted by Crippen LogP contribution is 2.10. The Morgan fingerprint density at radius 1 is 1.32 bits per heavy atom. The molecule has 1 saturated heterocycles. The lowest BCUT2D eigenvalue weighted by molar-refractivity contribution is -0.140. The molecule has 1 aliphatic rings. The van der Waals surface area contributed by atoms with E-state index in [1.54, 1.807) is 11.8 Å². The highest BCUT2D eigenvalue weighted by Gasteiger charge is 2.24. The fourth-order valence-electron chi connectivity index (χ4n) is 2.62. The first kappa shape index (κ1) is 16.5. The Balaban J connectivity index is 1.88. The maximum atomic E-state index is 12.3. The monoisotopic (exact) mass is 304 g/mol. The van der Waals surface area contributed by atoms with Gasteiger partial charge >= 0.3 is 0 Å². The number of ether oxygens (including phenoxy) is 1. The number of morpholine rings is 1. The Labute approximate surface area is 131 Å². The molecular weight excluding hydrogens is 280 g/mol. The average molecular weight is 304 g/mol. The molecule has 0 N–H and O–H groups in total. The molecule has 5 heteroatoms. The zero-order valence-electron chi connectivity index (χ0n) is 13.3. The summed E-state index contributed by atoms with van der Waals surface area (Å²) in [6.07, 6.45) is 0.358. The van der Waals surface area contributed by atoms with Gasteiger partial charge < -0.3 is 14.5 Å². The summed E-state index contributed by atoms with van der Waals surface area (Å²) in [5.74, 6) is 0.0850. The summed E-state index contributed by atoms with van der Waals surface area (Å²) in [5, 5.41) is 0. The van der Waals surface area contributed by atoms with Crippen LogP contribution >= 0.6 is 0 Å². The SMILES string of the molecule is CC(=O)N(CCC(=O)N1CCOC[C@H]1C)Cc1ccccc1. The van der Waals surface area contributed by atoms with E-state index >= 15 is 0 Å². The molecule has 0 bridgehead atoms. The molecule has 120 valence electrons. The highest BCUT2D eigenvalue weighted by atomic mass is 16.5. The molecule has 2 rings (SSSR count). The molecule has 0 radical (unpaired) electrons. The highest BCUT2D eigenvalue weighted by molar-refractivity contribution is 5.78. The van der Waals surface area contributed by atoms with Crippen molar-refractivity contribution in [3.8, 4) is 0 Å². The van der Waals surface area contributed by atoms with Crippen LogP contribution in [0.2, 0.25) is 0 Å². The van der Waals surface area contributed by atoms with Gasteiger partial charge in [-0.15, -0.1) is 0 Å². The van der Waals surface area contributed by atoms with Crippen LogP contribution in [0.25, 0.3) is 0 Å². The number of benzene rings is 1. The zero-order valence-corrected chi connectivity index (χ0v) is 13.3. The summed E-state index contributed by atoms with van der Waals surface area (Å²) < 4.78 is 5.35. The van der Waals surface area contributed by atoms with Gasteiger partial charge in [0.25, 0.3) is 0 Å².